The Morgan fingerprint density at radius 1 is 0.935 bits per heavy atom. The highest BCUT2D eigenvalue weighted by molar-refractivity contribution is 5.90. The van der Waals surface area contributed by atoms with Crippen molar-refractivity contribution in [2.75, 3.05) is 0 Å². The van der Waals surface area contributed by atoms with Gasteiger partial charge in [-0.15, -0.1) is 0 Å². The summed E-state index contributed by atoms with van der Waals surface area (Å²) in [5, 5.41) is 14.0. The van der Waals surface area contributed by atoms with Crippen LogP contribution in [0, 0.1) is 5.82 Å². The molecular weight excluding hydrogens is 420 g/mol. The molecule has 10 heteroatoms. The standard InChI is InChI=1S/C21H20F4N2O4/c1-12(28)26-17(10-14-5-3-7-16(22)9-14)19(29)27-18(20(30)31)11-13-4-2-6-15(8-13)21(23,24)25/h2-9,17-18H,10-11H2,1H3,(H,26,28)(H,27,29)(H,30,31)/t17-,18+/m1/s1. The second-order valence-electron chi connectivity index (χ2n) is 6.89. The Kier molecular flexibility index (Phi) is 7.73. The van der Waals surface area contributed by atoms with E-state index in [4.69, 9.17) is 0 Å². The third-order valence-corrected chi connectivity index (χ3v) is 4.33. The monoisotopic (exact) mass is 440 g/mol. The number of halogens is 4. The van der Waals surface area contributed by atoms with E-state index >= 15 is 0 Å². The Hall–Kier alpha value is -3.43. The predicted octanol–water partition coefficient (Wildman–Crippen LogP) is 2.70. The first-order valence-corrected chi connectivity index (χ1v) is 9.16. The van der Waals surface area contributed by atoms with Crippen LogP contribution in [0.3, 0.4) is 0 Å². The molecule has 0 saturated carbocycles. The van der Waals surface area contributed by atoms with E-state index in [1.165, 1.54) is 30.3 Å². The molecule has 0 bridgehead atoms. The average Bonchev–Trinajstić information content (AvgIpc) is 2.66. The van der Waals surface area contributed by atoms with Crippen LogP contribution in [-0.4, -0.2) is 35.0 Å². The van der Waals surface area contributed by atoms with Gasteiger partial charge in [-0.1, -0.05) is 30.3 Å². The summed E-state index contributed by atoms with van der Waals surface area (Å²) in [6.45, 7) is 1.16. The Morgan fingerprint density at radius 2 is 1.52 bits per heavy atom. The fraction of sp³-hybridized carbons (Fsp3) is 0.286. The van der Waals surface area contributed by atoms with E-state index in [1.54, 1.807) is 0 Å². The van der Waals surface area contributed by atoms with Crippen LogP contribution < -0.4 is 10.6 Å². The number of nitrogens with one attached hydrogen (secondary N) is 2. The van der Waals surface area contributed by atoms with Crippen LogP contribution in [0.5, 0.6) is 0 Å². The van der Waals surface area contributed by atoms with Crippen molar-refractivity contribution in [2.45, 2.75) is 38.0 Å². The van der Waals surface area contributed by atoms with Crippen molar-refractivity contribution in [3.8, 4) is 0 Å². The summed E-state index contributed by atoms with van der Waals surface area (Å²) >= 11 is 0. The summed E-state index contributed by atoms with van der Waals surface area (Å²) in [6, 6.07) is 6.68. The van der Waals surface area contributed by atoms with Gasteiger partial charge in [-0.25, -0.2) is 9.18 Å². The Labute approximate surface area is 175 Å². The molecule has 0 aliphatic heterocycles. The first kappa shape index (κ1) is 23.8. The quantitative estimate of drug-likeness (QED) is 0.550. The van der Waals surface area contributed by atoms with Crippen molar-refractivity contribution in [3.05, 3.63) is 71.0 Å². The zero-order chi connectivity index (χ0) is 23.2. The molecule has 0 aliphatic rings. The Balaban J connectivity index is 2.18. The number of amides is 2. The second-order valence-corrected chi connectivity index (χ2v) is 6.89. The number of carboxylic acids is 1. The van der Waals surface area contributed by atoms with E-state index in [1.807, 2.05) is 0 Å². The fourth-order valence-corrected chi connectivity index (χ4v) is 2.94. The summed E-state index contributed by atoms with van der Waals surface area (Å²) in [6.07, 6.45) is -5.11. The number of hydrogen-bond acceptors (Lipinski definition) is 3. The Morgan fingerprint density at radius 3 is 2.06 bits per heavy atom. The topological polar surface area (TPSA) is 95.5 Å². The minimum atomic E-state index is -4.60. The van der Waals surface area contributed by atoms with Crippen LogP contribution in [0.2, 0.25) is 0 Å². The van der Waals surface area contributed by atoms with E-state index in [0.29, 0.717) is 5.56 Å². The highest BCUT2D eigenvalue weighted by atomic mass is 19.4. The van der Waals surface area contributed by atoms with E-state index in [9.17, 15) is 37.1 Å². The minimum Gasteiger partial charge on any atom is -0.480 e. The van der Waals surface area contributed by atoms with Crippen LogP contribution in [0.15, 0.2) is 48.5 Å². The van der Waals surface area contributed by atoms with Gasteiger partial charge in [0.15, 0.2) is 0 Å². The van der Waals surface area contributed by atoms with Crippen molar-refractivity contribution in [1.82, 2.24) is 10.6 Å². The van der Waals surface area contributed by atoms with E-state index < -0.39 is 53.8 Å². The van der Waals surface area contributed by atoms with E-state index in [2.05, 4.69) is 10.6 Å². The maximum atomic E-state index is 13.4. The lowest BCUT2D eigenvalue weighted by atomic mass is 10.0. The third-order valence-electron chi connectivity index (χ3n) is 4.33. The van der Waals surface area contributed by atoms with Gasteiger partial charge < -0.3 is 15.7 Å². The molecule has 0 heterocycles. The van der Waals surface area contributed by atoms with Crippen molar-refractivity contribution in [2.24, 2.45) is 0 Å². The van der Waals surface area contributed by atoms with Gasteiger partial charge in [0.2, 0.25) is 11.8 Å². The van der Waals surface area contributed by atoms with Crippen LogP contribution in [-0.2, 0) is 33.4 Å². The van der Waals surface area contributed by atoms with Crippen molar-refractivity contribution in [3.63, 3.8) is 0 Å². The second kappa shape index (κ2) is 10.1. The molecule has 2 aromatic rings. The first-order valence-electron chi connectivity index (χ1n) is 9.16. The summed E-state index contributed by atoms with van der Waals surface area (Å²) in [7, 11) is 0. The molecular formula is C21H20F4N2O4. The molecule has 31 heavy (non-hydrogen) atoms. The van der Waals surface area contributed by atoms with Gasteiger partial charge in [0.1, 0.15) is 17.9 Å². The molecule has 166 valence electrons. The number of rotatable bonds is 8. The molecule has 0 radical (unpaired) electrons. The highest BCUT2D eigenvalue weighted by Gasteiger charge is 2.31. The normalized spacial score (nSPS) is 13.2. The fourth-order valence-electron chi connectivity index (χ4n) is 2.94. The molecule has 2 atom stereocenters. The summed E-state index contributed by atoms with van der Waals surface area (Å²) in [4.78, 5) is 35.7. The SMILES string of the molecule is CC(=O)N[C@H](Cc1cccc(F)c1)C(=O)N[C@@H](Cc1cccc(C(F)(F)F)c1)C(=O)O. The predicted molar refractivity (Wildman–Crippen MR) is 102 cm³/mol. The zero-order valence-corrected chi connectivity index (χ0v) is 16.4. The van der Waals surface area contributed by atoms with Gasteiger partial charge in [0, 0.05) is 19.8 Å². The van der Waals surface area contributed by atoms with Crippen molar-refractivity contribution in [1.29, 1.82) is 0 Å². The molecule has 0 unspecified atom stereocenters. The van der Waals surface area contributed by atoms with Crippen LogP contribution in [0.25, 0.3) is 0 Å². The maximum absolute atomic E-state index is 13.4. The largest absolute Gasteiger partial charge is 0.480 e. The number of carboxylic acid groups (broad SMARTS) is 1. The van der Waals surface area contributed by atoms with Gasteiger partial charge in [0.25, 0.3) is 0 Å². The average molecular weight is 440 g/mol. The summed E-state index contributed by atoms with van der Waals surface area (Å²) in [5.41, 5.74) is -0.495. The zero-order valence-electron chi connectivity index (χ0n) is 16.4. The highest BCUT2D eigenvalue weighted by Crippen LogP contribution is 2.29. The molecule has 0 spiro atoms. The maximum Gasteiger partial charge on any atom is 0.416 e. The molecule has 3 N–H and O–H groups in total. The number of aliphatic carboxylic acids is 1. The number of carbonyl (C=O) groups excluding carboxylic acids is 2. The number of hydrogen-bond donors (Lipinski definition) is 3. The van der Waals surface area contributed by atoms with Crippen LogP contribution in [0.4, 0.5) is 17.6 Å². The smallest absolute Gasteiger partial charge is 0.416 e. The molecule has 2 amide bonds. The molecule has 0 aromatic heterocycles. The number of carbonyl (C=O) groups is 3. The van der Waals surface area contributed by atoms with Crippen molar-refractivity contribution < 1.29 is 37.1 Å². The van der Waals surface area contributed by atoms with Gasteiger partial charge >= 0.3 is 12.1 Å². The molecule has 2 rings (SSSR count). The van der Waals surface area contributed by atoms with Gasteiger partial charge in [0.05, 0.1) is 5.56 Å². The van der Waals surface area contributed by atoms with Crippen molar-refractivity contribution >= 4 is 17.8 Å². The molecule has 0 aliphatic carbocycles. The molecule has 6 nitrogen and oxygen atoms in total. The van der Waals surface area contributed by atoms with E-state index in [-0.39, 0.29) is 12.0 Å². The third kappa shape index (κ3) is 7.40. The van der Waals surface area contributed by atoms with Crippen LogP contribution in [0.1, 0.15) is 23.6 Å². The van der Waals surface area contributed by atoms with Crippen LogP contribution >= 0.6 is 0 Å². The lowest BCUT2D eigenvalue weighted by Crippen LogP contribution is -2.52. The summed E-state index contributed by atoms with van der Waals surface area (Å²) < 4.78 is 52.1. The number of benzene rings is 2. The van der Waals surface area contributed by atoms with Gasteiger partial charge in [-0.2, -0.15) is 13.2 Å². The Bertz CT molecular complexity index is 962. The first-order chi connectivity index (χ1) is 14.5. The number of alkyl halides is 3. The van der Waals surface area contributed by atoms with Gasteiger partial charge in [-0.3, -0.25) is 9.59 Å². The molecule has 2 aromatic carbocycles. The molecule has 0 fully saturated rings. The van der Waals surface area contributed by atoms with E-state index in [0.717, 1.165) is 25.1 Å². The molecule has 0 saturated heterocycles. The van der Waals surface area contributed by atoms with Gasteiger partial charge in [-0.05, 0) is 29.3 Å². The minimum absolute atomic E-state index is 0.0590. The summed E-state index contributed by atoms with van der Waals surface area (Å²) in [5.74, 6) is -3.44. The lowest BCUT2D eigenvalue weighted by Gasteiger charge is -2.21. The lowest BCUT2D eigenvalue weighted by molar-refractivity contribution is -0.142.